The Balaban J connectivity index is 1.71. The van der Waals surface area contributed by atoms with Crippen molar-refractivity contribution in [3.8, 4) is 0 Å². The molecule has 0 aliphatic heterocycles. The fourth-order valence-corrected chi connectivity index (χ4v) is 2.99. The summed E-state index contributed by atoms with van der Waals surface area (Å²) < 4.78 is 1.79. The molecule has 3 N–H and O–H groups in total. The van der Waals surface area contributed by atoms with Crippen LogP contribution in [0.25, 0.3) is 11.0 Å². The van der Waals surface area contributed by atoms with E-state index in [0.717, 1.165) is 16.9 Å². The maximum Gasteiger partial charge on any atom is 0.270 e. The van der Waals surface area contributed by atoms with Gasteiger partial charge in [0.25, 0.3) is 11.8 Å². The molecule has 30 heavy (non-hydrogen) atoms. The van der Waals surface area contributed by atoms with Crippen LogP contribution in [0, 0.1) is 6.92 Å². The monoisotopic (exact) mass is 408 g/mol. The van der Waals surface area contributed by atoms with E-state index in [1.165, 1.54) is 0 Å². The normalized spacial score (nSPS) is 11.2. The lowest BCUT2D eigenvalue weighted by molar-refractivity contribution is -0.120. The van der Waals surface area contributed by atoms with Gasteiger partial charge in [0.2, 0.25) is 0 Å². The Morgan fingerprint density at radius 3 is 2.40 bits per heavy atom. The Kier molecular flexibility index (Phi) is 6.34. The molecule has 0 radical (unpaired) electrons. The lowest BCUT2D eigenvalue weighted by Crippen LogP contribution is -2.44. The van der Waals surface area contributed by atoms with Crippen molar-refractivity contribution in [1.82, 2.24) is 25.6 Å². The molecule has 0 aliphatic carbocycles. The van der Waals surface area contributed by atoms with Gasteiger partial charge in [-0.05, 0) is 44.9 Å². The number of hydrogen-bond donors (Lipinski definition) is 3. The van der Waals surface area contributed by atoms with Gasteiger partial charge in [-0.25, -0.2) is 9.67 Å². The first-order valence-electron chi connectivity index (χ1n) is 10.0. The summed E-state index contributed by atoms with van der Waals surface area (Å²) >= 11 is 0. The number of aryl methyl sites for hydroxylation is 1. The van der Waals surface area contributed by atoms with Crippen molar-refractivity contribution < 1.29 is 9.59 Å². The van der Waals surface area contributed by atoms with Crippen molar-refractivity contribution in [3.63, 3.8) is 0 Å². The lowest BCUT2D eigenvalue weighted by atomic mass is 10.1. The molecule has 0 fully saturated rings. The molecule has 0 saturated carbocycles. The van der Waals surface area contributed by atoms with Crippen LogP contribution in [0.15, 0.2) is 36.5 Å². The van der Waals surface area contributed by atoms with Crippen LogP contribution < -0.4 is 16.2 Å². The van der Waals surface area contributed by atoms with Gasteiger partial charge in [0.1, 0.15) is 0 Å². The smallest absolute Gasteiger partial charge is 0.270 e. The van der Waals surface area contributed by atoms with E-state index in [0.29, 0.717) is 16.6 Å². The molecule has 8 nitrogen and oxygen atoms in total. The fourth-order valence-electron chi connectivity index (χ4n) is 2.99. The molecule has 2 amide bonds. The number of nitrogens with one attached hydrogen (secondary N) is 3. The number of fused-ring (bicyclic) bond motifs is 1. The van der Waals surface area contributed by atoms with E-state index in [9.17, 15) is 9.59 Å². The largest absolute Gasteiger partial charge is 0.376 e. The Hall–Kier alpha value is -3.42. The quantitative estimate of drug-likeness (QED) is 0.543. The van der Waals surface area contributed by atoms with Gasteiger partial charge in [-0.2, -0.15) is 5.10 Å². The number of aromatic nitrogens is 3. The maximum atomic E-state index is 12.8. The molecule has 3 aromatic rings. The van der Waals surface area contributed by atoms with Gasteiger partial charge in [-0.15, -0.1) is 0 Å². The summed E-state index contributed by atoms with van der Waals surface area (Å²) in [5.41, 5.74) is 8.82. The Morgan fingerprint density at radius 1 is 1.07 bits per heavy atom. The topological polar surface area (TPSA) is 101 Å². The van der Waals surface area contributed by atoms with Crippen LogP contribution in [0.1, 0.15) is 61.3 Å². The molecule has 2 aromatic heterocycles. The first kappa shape index (κ1) is 21.3. The van der Waals surface area contributed by atoms with E-state index in [-0.39, 0.29) is 24.4 Å². The van der Waals surface area contributed by atoms with Crippen LogP contribution in [0.5, 0.6) is 0 Å². The number of carbonyl (C=O) groups is 2. The van der Waals surface area contributed by atoms with Crippen molar-refractivity contribution in [2.24, 2.45) is 0 Å². The molecule has 3 rings (SSSR count). The summed E-state index contributed by atoms with van der Waals surface area (Å²) in [5.74, 6) is -0.614. The van der Waals surface area contributed by atoms with Gasteiger partial charge >= 0.3 is 0 Å². The third-order valence-electron chi connectivity index (χ3n) is 4.73. The first-order valence-corrected chi connectivity index (χ1v) is 10.0. The average molecular weight is 409 g/mol. The van der Waals surface area contributed by atoms with Gasteiger partial charge in [0.15, 0.2) is 5.65 Å². The van der Waals surface area contributed by atoms with E-state index in [1.807, 2.05) is 58.9 Å². The number of hydrogen-bond acceptors (Lipinski definition) is 5. The van der Waals surface area contributed by atoms with Gasteiger partial charge in [0.05, 0.1) is 23.7 Å². The molecule has 0 aliphatic rings. The number of benzene rings is 1. The summed E-state index contributed by atoms with van der Waals surface area (Å²) in [4.78, 5) is 29.6. The summed E-state index contributed by atoms with van der Waals surface area (Å²) in [7, 11) is 0. The number of nitrogens with zero attached hydrogens (tertiary/aromatic N) is 3. The van der Waals surface area contributed by atoms with Gasteiger partial charge in [-0.3, -0.25) is 20.4 Å². The van der Waals surface area contributed by atoms with Gasteiger partial charge in [0, 0.05) is 17.4 Å². The van der Waals surface area contributed by atoms with Crippen LogP contribution in [-0.4, -0.2) is 33.1 Å². The average Bonchev–Trinajstić information content (AvgIpc) is 3.15. The lowest BCUT2D eigenvalue weighted by Gasteiger charge is -2.13. The Labute approximate surface area is 176 Å². The van der Waals surface area contributed by atoms with Gasteiger partial charge in [-0.1, -0.05) is 31.5 Å². The molecule has 0 spiro atoms. The highest BCUT2D eigenvalue weighted by molar-refractivity contribution is 6.06. The minimum absolute atomic E-state index is 0.0393. The minimum Gasteiger partial charge on any atom is -0.376 e. The highest BCUT2D eigenvalue weighted by atomic mass is 16.2. The SMILES string of the molecule is Cc1ccc(NCC(=O)NNC(=O)c2cc(C(C)C)nc3c2cnn3C(C)C)cc1. The number of carbonyl (C=O) groups excluding carboxylic acids is 2. The Bertz CT molecular complexity index is 1050. The molecular formula is C22H28N6O2. The van der Waals surface area contributed by atoms with Crippen molar-refractivity contribution in [1.29, 1.82) is 0 Å². The molecule has 2 heterocycles. The zero-order valence-electron chi connectivity index (χ0n) is 18.0. The predicted octanol–water partition coefficient (Wildman–Crippen LogP) is 3.32. The zero-order valence-corrected chi connectivity index (χ0v) is 18.0. The van der Waals surface area contributed by atoms with E-state index < -0.39 is 5.91 Å². The number of amides is 2. The van der Waals surface area contributed by atoms with E-state index in [2.05, 4.69) is 26.3 Å². The molecule has 1 aromatic carbocycles. The second-order valence-corrected chi connectivity index (χ2v) is 7.89. The minimum atomic E-state index is -0.406. The molecule has 0 unspecified atom stereocenters. The molecule has 158 valence electrons. The number of pyridine rings is 1. The Morgan fingerprint density at radius 2 is 1.77 bits per heavy atom. The second kappa shape index (κ2) is 8.94. The van der Waals surface area contributed by atoms with Crippen LogP contribution >= 0.6 is 0 Å². The van der Waals surface area contributed by atoms with E-state index >= 15 is 0 Å². The highest BCUT2D eigenvalue weighted by Gasteiger charge is 2.19. The standard InChI is InChI=1S/C22H28N6O2/c1-13(2)19-10-17(18-11-24-28(14(3)4)21(18)25-19)22(30)27-26-20(29)12-23-16-8-6-15(5)7-9-16/h6-11,13-14,23H,12H2,1-5H3,(H,26,29)(H,27,30). The third kappa shape index (κ3) is 4.76. The maximum absolute atomic E-state index is 12.8. The van der Waals surface area contributed by atoms with Crippen molar-refractivity contribution in [2.75, 3.05) is 11.9 Å². The summed E-state index contributed by atoms with van der Waals surface area (Å²) in [6.45, 7) is 10.1. The van der Waals surface area contributed by atoms with Crippen LogP contribution in [0.2, 0.25) is 0 Å². The predicted molar refractivity (Wildman–Crippen MR) is 117 cm³/mol. The molecule has 0 saturated heterocycles. The number of rotatable bonds is 6. The second-order valence-electron chi connectivity index (χ2n) is 7.89. The van der Waals surface area contributed by atoms with E-state index in [4.69, 9.17) is 0 Å². The van der Waals surface area contributed by atoms with Crippen LogP contribution in [-0.2, 0) is 4.79 Å². The summed E-state index contributed by atoms with van der Waals surface area (Å²) in [6.07, 6.45) is 1.64. The van der Waals surface area contributed by atoms with Crippen molar-refractivity contribution >= 4 is 28.5 Å². The third-order valence-corrected chi connectivity index (χ3v) is 4.73. The summed E-state index contributed by atoms with van der Waals surface area (Å²) in [6, 6.07) is 9.58. The van der Waals surface area contributed by atoms with Crippen LogP contribution in [0.4, 0.5) is 5.69 Å². The van der Waals surface area contributed by atoms with E-state index in [1.54, 1.807) is 16.9 Å². The van der Waals surface area contributed by atoms with Crippen molar-refractivity contribution in [3.05, 3.63) is 53.3 Å². The molecule has 0 atom stereocenters. The number of anilines is 1. The first-order chi connectivity index (χ1) is 14.3. The molecule has 8 heteroatoms. The van der Waals surface area contributed by atoms with Crippen molar-refractivity contribution in [2.45, 2.75) is 46.6 Å². The van der Waals surface area contributed by atoms with Crippen LogP contribution in [0.3, 0.4) is 0 Å². The highest BCUT2D eigenvalue weighted by Crippen LogP contribution is 2.24. The molecular weight excluding hydrogens is 380 g/mol. The molecule has 0 bridgehead atoms. The zero-order chi connectivity index (χ0) is 21.8. The van der Waals surface area contributed by atoms with Gasteiger partial charge < -0.3 is 5.32 Å². The number of hydrazine groups is 1. The summed E-state index contributed by atoms with van der Waals surface area (Å²) in [5, 5.41) is 8.05. The fraction of sp³-hybridized carbons (Fsp3) is 0.364.